The fraction of sp³-hybridized carbons (Fsp3) is 0.500. The van der Waals surface area contributed by atoms with E-state index in [1.54, 1.807) is 0 Å². The van der Waals surface area contributed by atoms with Gasteiger partial charge in [-0.1, -0.05) is 11.6 Å². The van der Waals surface area contributed by atoms with Gasteiger partial charge in [-0.05, 0) is 12.1 Å². The summed E-state index contributed by atoms with van der Waals surface area (Å²) >= 11 is 7.28. The van der Waals surface area contributed by atoms with Gasteiger partial charge in [-0.2, -0.15) is 0 Å². The first-order chi connectivity index (χ1) is 6.57. The average molecular weight is 206 g/mol. The van der Waals surface area contributed by atoms with E-state index in [9.17, 15) is 0 Å². The minimum atomic E-state index is -1.41. The fourth-order valence-electron chi connectivity index (χ4n) is 1.10. The van der Waals surface area contributed by atoms with E-state index in [2.05, 4.69) is 5.32 Å². The van der Waals surface area contributed by atoms with Gasteiger partial charge in [-0.25, -0.2) is 0 Å². The molecule has 4 heteroatoms. The largest absolute Gasteiger partial charge is 0.370 e. The molecule has 1 aliphatic rings. The average Bonchev–Trinajstić information content (AvgIpc) is 2.52. The van der Waals surface area contributed by atoms with Gasteiger partial charge in [0.15, 0.2) is 0 Å². The third kappa shape index (κ3) is 1.80. The van der Waals surface area contributed by atoms with Gasteiger partial charge in [0.1, 0.15) is 6.10 Å². The second-order valence-corrected chi connectivity index (χ2v) is 4.25. The highest BCUT2D eigenvalue weighted by molar-refractivity contribution is 7.16. The molecule has 1 atom stereocenters. The van der Waals surface area contributed by atoms with Gasteiger partial charge >= 0.3 is 0 Å². The van der Waals surface area contributed by atoms with Crippen molar-refractivity contribution in [3.8, 4) is 0 Å². The van der Waals surface area contributed by atoms with Crippen LogP contribution in [-0.4, -0.2) is 19.6 Å². The molecular weight excluding hydrogens is 194 g/mol. The summed E-state index contributed by atoms with van der Waals surface area (Å²) < 4.78 is 20.9. The minimum Gasteiger partial charge on any atom is -0.370 e. The molecule has 0 radical (unpaired) electrons. The molecule has 1 unspecified atom stereocenters. The van der Waals surface area contributed by atoms with Gasteiger partial charge in [0, 0.05) is 20.7 Å². The number of halogens is 1. The van der Waals surface area contributed by atoms with Crippen LogP contribution in [-0.2, 0) is 4.74 Å². The van der Waals surface area contributed by atoms with Gasteiger partial charge in [0.05, 0.1) is 10.9 Å². The smallest absolute Gasteiger partial charge is 0.104 e. The Kier molecular flexibility index (Phi) is 1.99. The van der Waals surface area contributed by atoms with Crippen LogP contribution in [0.2, 0.25) is 4.34 Å². The van der Waals surface area contributed by atoms with Gasteiger partial charge in [-0.15, -0.1) is 11.3 Å². The number of morpholine rings is 1. The van der Waals surface area contributed by atoms with Gasteiger partial charge in [-0.3, -0.25) is 0 Å². The van der Waals surface area contributed by atoms with Gasteiger partial charge in [0.25, 0.3) is 0 Å². The molecule has 66 valence electrons. The summed E-state index contributed by atoms with van der Waals surface area (Å²) in [5.41, 5.74) is 0. The SMILES string of the molecule is [2H]C1([2H])COC(c2ccc(Cl)s2)CN1. The molecule has 0 aromatic carbocycles. The van der Waals surface area contributed by atoms with Crippen molar-refractivity contribution in [3.05, 3.63) is 21.3 Å². The zero-order valence-corrected chi connectivity index (χ0v) is 7.91. The number of rotatable bonds is 1. The summed E-state index contributed by atoms with van der Waals surface area (Å²) in [7, 11) is 0. The number of nitrogens with one attached hydrogen (secondary N) is 1. The zero-order chi connectivity index (χ0) is 10.2. The maximum absolute atomic E-state index is 7.39. The first-order valence-corrected chi connectivity index (χ1v) is 4.88. The van der Waals surface area contributed by atoms with Crippen LogP contribution in [0.4, 0.5) is 0 Å². The molecule has 0 spiro atoms. The predicted octanol–water partition coefficient (Wildman–Crippen LogP) is 2.06. The van der Waals surface area contributed by atoms with E-state index in [1.807, 2.05) is 12.1 Å². The Morgan fingerprint density at radius 1 is 1.75 bits per heavy atom. The molecule has 1 N–H and O–H groups in total. The Balaban J connectivity index is 2.02. The summed E-state index contributed by atoms with van der Waals surface area (Å²) in [6, 6.07) is 3.74. The lowest BCUT2D eigenvalue weighted by atomic mass is 10.2. The summed E-state index contributed by atoms with van der Waals surface area (Å²) in [6.07, 6.45) is -0.0728. The number of hydrogen-bond acceptors (Lipinski definition) is 3. The quantitative estimate of drug-likeness (QED) is 0.758. The summed E-state index contributed by atoms with van der Waals surface area (Å²) in [4.78, 5) is 1.04. The van der Waals surface area contributed by atoms with Crippen molar-refractivity contribution in [2.45, 2.75) is 6.10 Å². The Bertz CT molecular complexity index is 321. The summed E-state index contributed by atoms with van der Waals surface area (Å²) in [6.45, 7) is -0.839. The second kappa shape index (κ2) is 3.75. The highest BCUT2D eigenvalue weighted by atomic mass is 35.5. The third-order valence-corrected chi connectivity index (χ3v) is 3.00. The Hall–Kier alpha value is -0.0900. The predicted molar refractivity (Wildman–Crippen MR) is 50.9 cm³/mol. The summed E-state index contributed by atoms with van der Waals surface area (Å²) in [5.74, 6) is 0. The van der Waals surface area contributed by atoms with E-state index in [4.69, 9.17) is 19.1 Å². The molecule has 2 heterocycles. The molecule has 1 saturated heterocycles. The topological polar surface area (TPSA) is 21.3 Å². The molecule has 1 aromatic heterocycles. The van der Waals surface area contributed by atoms with Gasteiger partial charge in [0.2, 0.25) is 0 Å². The van der Waals surface area contributed by atoms with E-state index in [-0.39, 0.29) is 12.7 Å². The van der Waals surface area contributed by atoms with Crippen molar-refractivity contribution in [2.24, 2.45) is 0 Å². The van der Waals surface area contributed by atoms with E-state index in [1.165, 1.54) is 11.3 Å². The van der Waals surface area contributed by atoms with Crippen molar-refractivity contribution in [2.75, 3.05) is 19.6 Å². The lowest BCUT2D eigenvalue weighted by Crippen LogP contribution is -2.32. The Morgan fingerprint density at radius 3 is 3.25 bits per heavy atom. The van der Waals surface area contributed by atoms with Crippen LogP contribution in [0.25, 0.3) is 0 Å². The van der Waals surface area contributed by atoms with E-state index < -0.39 is 6.50 Å². The fourth-order valence-corrected chi connectivity index (χ4v) is 2.21. The van der Waals surface area contributed by atoms with Crippen molar-refractivity contribution < 1.29 is 7.48 Å². The molecule has 0 bridgehead atoms. The lowest BCUT2D eigenvalue weighted by Gasteiger charge is -2.22. The van der Waals surface area contributed by atoms with Crippen LogP contribution >= 0.6 is 22.9 Å². The maximum atomic E-state index is 7.39. The molecular formula is C8H10ClNOS. The number of ether oxygens (including phenoxy) is 1. The zero-order valence-electron chi connectivity index (χ0n) is 8.34. The normalized spacial score (nSPS) is 30.9. The first kappa shape index (κ1) is 6.38. The standard InChI is InChI=1S/C8H10ClNOS/c9-8-2-1-7(12-8)6-5-10-3-4-11-6/h1-2,6,10H,3-5H2/i3D2. The number of hydrogen-bond donors (Lipinski definition) is 1. The molecule has 1 aliphatic heterocycles. The van der Waals surface area contributed by atoms with Crippen molar-refractivity contribution >= 4 is 22.9 Å². The molecule has 2 nitrogen and oxygen atoms in total. The Labute approximate surface area is 83.3 Å². The van der Waals surface area contributed by atoms with Crippen LogP contribution in [0.3, 0.4) is 0 Å². The highest BCUT2D eigenvalue weighted by Crippen LogP contribution is 2.29. The maximum Gasteiger partial charge on any atom is 0.104 e. The highest BCUT2D eigenvalue weighted by Gasteiger charge is 2.16. The van der Waals surface area contributed by atoms with Crippen LogP contribution in [0.5, 0.6) is 0 Å². The molecule has 0 amide bonds. The van der Waals surface area contributed by atoms with E-state index >= 15 is 0 Å². The van der Waals surface area contributed by atoms with Crippen molar-refractivity contribution in [3.63, 3.8) is 0 Å². The molecule has 1 aromatic rings. The van der Waals surface area contributed by atoms with Crippen LogP contribution < -0.4 is 5.32 Å². The monoisotopic (exact) mass is 205 g/mol. The van der Waals surface area contributed by atoms with Crippen LogP contribution in [0, 0.1) is 0 Å². The lowest BCUT2D eigenvalue weighted by molar-refractivity contribution is 0.0299. The molecule has 0 saturated carbocycles. The summed E-state index contributed by atoms with van der Waals surface area (Å²) in [5, 5.41) is 2.79. The van der Waals surface area contributed by atoms with Crippen molar-refractivity contribution in [1.82, 2.24) is 5.32 Å². The van der Waals surface area contributed by atoms with Crippen LogP contribution in [0.15, 0.2) is 12.1 Å². The first-order valence-electron chi connectivity index (χ1n) is 4.69. The van der Waals surface area contributed by atoms with Gasteiger partial charge < -0.3 is 10.1 Å². The molecule has 2 rings (SSSR count). The minimum absolute atomic E-state index is 0.0728. The number of thiophene rings is 1. The second-order valence-electron chi connectivity index (χ2n) is 2.50. The molecule has 0 aliphatic carbocycles. The van der Waals surface area contributed by atoms with Crippen molar-refractivity contribution in [1.29, 1.82) is 0 Å². The van der Waals surface area contributed by atoms with Crippen LogP contribution in [0.1, 0.15) is 13.7 Å². The van der Waals surface area contributed by atoms with E-state index in [0.717, 1.165) is 9.21 Å². The molecule has 1 fully saturated rings. The third-order valence-electron chi connectivity index (χ3n) is 1.68. The van der Waals surface area contributed by atoms with E-state index in [0.29, 0.717) is 6.54 Å². The molecule has 12 heavy (non-hydrogen) atoms. The Morgan fingerprint density at radius 2 is 2.67 bits per heavy atom.